The number of pyridine rings is 1. The van der Waals surface area contributed by atoms with Crippen molar-refractivity contribution in [1.82, 2.24) is 4.98 Å². The molecule has 0 aliphatic rings. The van der Waals surface area contributed by atoms with Gasteiger partial charge in [0.1, 0.15) is 0 Å². The van der Waals surface area contributed by atoms with Crippen LogP contribution in [0.15, 0.2) is 39.4 Å². The molecule has 2 N–H and O–H groups in total. The summed E-state index contributed by atoms with van der Waals surface area (Å²) in [5.41, 5.74) is 10.7. The third kappa shape index (κ3) is 2.82. The summed E-state index contributed by atoms with van der Waals surface area (Å²) in [7, 11) is 0. The molecule has 0 spiro atoms. The zero-order chi connectivity index (χ0) is 13.3. The predicted molar refractivity (Wildman–Crippen MR) is 81.6 cm³/mol. The number of hydrogen-bond acceptors (Lipinski definition) is 2. The third-order valence-electron chi connectivity index (χ3n) is 2.90. The summed E-state index contributed by atoms with van der Waals surface area (Å²) in [5, 5.41) is 0. The molecule has 1 unspecified atom stereocenters. The standard InChI is InChI=1S/C14H14Br2N2/c1-8-3-4-9(2)11(5-8)13(17)14-12(16)6-10(15)7-18-14/h3-7,13H,17H2,1-2H3. The maximum atomic E-state index is 6.33. The van der Waals surface area contributed by atoms with Gasteiger partial charge >= 0.3 is 0 Å². The van der Waals surface area contributed by atoms with Crippen molar-refractivity contribution >= 4 is 31.9 Å². The highest BCUT2D eigenvalue weighted by Gasteiger charge is 2.16. The van der Waals surface area contributed by atoms with E-state index in [1.807, 2.05) is 6.07 Å². The first-order valence-corrected chi connectivity index (χ1v) is 7.21. The minimum Gasteiger partial charge on any atom is -0.319 e. The molecule has 0 radical (unpaired) electrons. The summed E-state index contributed by atoms with van der Waals surface area (Å²) in [4.78, 5) is 4.41. The van der Waals surface area contributed by atoms with E-state index in [9.17, 15) is 0 Å². The summed E-state index contributed by atoms with van der Waals surface area (Å²) in [6.45, 7) is 4.14. The van der Waals surface area contributed by atoms with Gasteiger partial charge in [-0.05, 0) is 62.9 Å². The van der Waals surface area contributed by atoms with E-state index < -0.39 is 0 Å². The number of aromatic nitrogens is 1. The number of benzene rings is 1. The molecule has 94 valence electrons. The lowest BCUT2D eigenvalue weighted by molar-refractivity contribution is 0.812. The van der Waals surface area contributed by atoms with Crippen molar-refractivity contribution in [3.8, 4) is 0 Å². The second-order valence-corrected chi connectivity index (χ2v) is 6.13. The predicted octanol–water partition coefficient (Wildman–Crippen LogP) is 4.27. The molecular weight excluding hydrogens is 356 g/mol. The van der Waals surface area contributed by atoms with Gasteiger partial charge in [0.25, 0.3) is 0 Å². The van der Waals surface area contributed by atoms with Crippen molar-refractivity contribution < 1.29 is 0 Å². The van der Waals surface area contributed by atoms with Crippen molar-refractivity contribution in [3.63, 3.8) is 0 Å². The zero-order valence-electron chi connectivity index (χ0n) is 10.2. The first-order valence-electron chi connectivity index (χ1n) is 5.62. The number of hydrogen-bond donors (Lipinski definition) is 1. The normalized spacial score (nSPS) is 12.5. The fourth-order valence-electron chi connectivity index (χ4n) is 1.90. The molecule has 2 rings (SSSR count). The van der Waals surface area contributed by atoms with Gasteiger partial charge in [-0.2, -0.15) is 0 Å². The minimum atomic E-state index is -0.215. The summed E-state index contributed by atoms with van der Waals surface area (Å²) in [6, 6.07) is 8.06. The Kier molecular flexibility index (Phi) is 4.20. The molecule has 0 saturated carbocycles. The minimum absolute atomic E-state index is 0.215. The Morgan fingerprint density at radius 1 is 1.17 bits per heavy atom. The van der Waals surface area contributed by atoms with Gasteiger partial charge in [0.15, 0.2) is 0 Å². The second-order valence-electron chi connectivity index (χ2n) is 4.36. The van der Waals surface area contributed by atoms with Crippen LogP contribution in [0.1, 0.15) is 28.4 Å². The van der Waals surface area contributed by atoms with Crippen molar-refractivity contribution in [2.75, 3.05) is 0 Å². The molecule has 0 aliphatic heterocycles. The average molecular weight is 370 g/mol. The monoisotopic (exact) mass is 368 g/mol. The van der Waals surface area contributed by atoms with Crippen molar-refractivity contribution in [2.24, 2.45) is 5.73 Å². The number of nitrogens with two attached hydrogens (primary N) is 1. The number of nitrogens with zero attached hydrogens (tertiary/aromatic N) is 1. The van der Waals surface area contributed by atoms with Crippen molar-refractivity contribution in [1.29, 1.82) is 0 Å². The van der Waals surface area contributed by atoms with Gasteiger partial charge in [-0.1, -0.05) is 23.8 Å². The fourth-order valence-corrected chi connectivity index (χ4v) is 3.13. The lowest BCUT2D eigenvalue weighted by Gasteiger charge is -2.16. The molecular formula is C14H14Br2N2. The van der Waals surface area contributed by atoms with Crippen molar-refractivity contribution in [3.05, 3.63) is 61.8 Å². The lowest BCUT2D eigenvalue weighted by atomic mass is 9.97. The van der Waals surface area contributed by atoms with Gasteiger partial charge in [0.2, 0.25) is 0 Å². The number of rotatable bonds is 2. The third-order valence-corrected chi connectivity index (χ3v) is 3.97. The molecule has 1 aromatic carbocycles. The highest BCUT2D eigenvalue weighted by molar-refractivity contribution is 9.11. The van der Waals surface area contributed by atoms with Crippen LogP contribution in [0.25, 0.3) is 0 Å². The molecule has 4 heteroatoms. The van der Waals surface area contributed by atoms with E-state index in [0.717, 1.165) is 20.2 Å². The van der Waals surface area contributed by atoms with E-state index in [2.05, 4.69) is 68.9 Å². The van der Waals surface area contributed by atoms with Crippen molar-refractivity contribution in [2.45, 2.75) is 19.9 Å². The van der Waals surface area contributed by atoms with Gasteiger partial charge in [-0.15, -0.1) is 0 Å². The quantitative estimate of drug-likeness (QED) is 0.858. The van der Waals surface area contributed by atoms with Gasteiger partial charge in [0, 0.05) is 15.1 Å². The molecule has 2 nitrogen and oxygen atoms in total. The molecule has 18 heavy (non-hydrogen) atoms. The molecule has 1 atom stereocenters. The zero-order valence-corrected chi connectivity index (χ0v) is 13.4. The van der Waals surface area contributed by atoms with Gasteiger partial charge < -0.3 is 5.73 Å². The topological polar surface area (TPSA) is 38.9 Å². The van der Waals surface area contributed by atoms with Crippen LogP contribution in [0.4, 0.5) is 0 Å². The smallest absolute Gasteiger partial charge is 0.0759 e. The summed E-state index contributed by atoms with van der Waals surface area (Å²) in [6.07, 6.45) is 1.77. The van der Waals surface area contributed by atoms with E-state index in [1.165, 1.54) is 11.1 Å². The Morgan fingerprint density at radius 2 is 1.89 bits per heavy atom. The Hall–Kier alpha value is -0.710. The first-order chi connectivity index (χ1) is 8.49. The van der Waals surface area contributed by atoms with E-state index >= 15 is 0 Å². The summed E-state index contributed by atoms with van der Waals surface area (Å²) in [5.74, 6) is 0. The molecule has 0 fully saturated rings. The van der Waals surface area contributed by atoms with E-state index in [4.69, 9.17) is 5.73 Å². The number of aryl methyl sites for hydroxylation is 2. The van der Waals surface area contributed by atoms with Crippen LogP contribution < -0.4 is 5.73 Å². The van der Waals surface area contributed by atoms with Gasteiger partial charge in [-0.3, -0.25) is 4.98 Å². The van der Waals surface area contributed by atoms with Gasteiger partial charge in [-0.25, -0.2) is 0 Å². The van der Waals surface area contributed by atoms with Crippen LogP contribution in [-0.4, -0.2) is 4.98 Å². The van der Waals surface area contributed by atoms with E-state index in [1.54, 1.807) is 6.20 Å². The Morgan fingerprint density at radius 3 is 2.56 bits per heavy atom. The largest absolute Gasteiger partial charge is 0.319 e. The second kappa shape index (κ2) is 5.51. The molecule has 0 saturated heterocycles. The highest BCUT2D eigenvalue weighted by Crippen LogP contribution is 2.29. The van der Waals surface area contributed by atoms with Crippen LogP contribution in [0.2, 0.25) is 0 Å². The molecule has 1 aromatic heterocycles. The van der Waals surface area contributed by atoms with E-state index in [0.29, 0.717) is 0 Å². The van der Waals surface area contributed by atoms with Crippen LogP contribution >= 0.6 is 31.9 Å². The molecule has 0 amide bonds. The summed E-state index contributed by atoms with van der Waals surface area (Å²) < 4.78 is 1.86. The Balaban J connectivity index is 2.47. The number of halogens is 2. The molecule has 0 aliphatic carbocycles. The Bertz CT molecular complexity index is 582. The van der Waals surface area contributed by atoms with E-state index in [-0.39, 0.29) is 6.04 Å². The maximum absolute atomic E-state index is 6.33. The first kappa shape index (κ1) is 13.7. The van der Waals surface area contributed by atoms with Crippen LogP contribution in [0.3, 0.4) is 0 Å². The fraction of sp³-hybridized carbons (Fsp3) is 0.214. The molecule has 0 bridgehead atoms. The maximum Gasteiger partial charge on any atom is 0.0759 e. The van der Waals surface area contributed by atoms with Crippen LogP contribution in [-0.2, 0) is 0 Å². The molecule has 1 heterocycles. The Labute approximate surface area is 124 Å². The van der Waals surface area contributed by atoms with Crippen LogP contribution in [0.5, 0.6) is 0 Å². The summed E-state index contributed by atoms with van der Waals surface area (Å²) >= 11 is 6.91. The van der Waals surface area contributed by atoms with Gasteiger partial charge in [0.05, 0.1) is 11.7 Å². The lowest BCUT2D eigenvalue weighted by Crippen LogP contribution is -2.15. The van der Waals surface area contributed by atoms with Crippen LogP contribution in [0, 0.1) is 13.8 Å². The highest BCUT2D eigenvalue weighted by atomic mass is 79.9. The SMILES string of the molecule is Cc1ccc(C)c(C(N)c2ncc(Br)cc2Br)c1. The average Bonchev–Trinajstić information content (AvgIpc) is 2.31. The molecule has 2 aromatic rings.